The van der Waals surface area contributed by atoms with Gasteiger partial charge in [-0.2, -0.15) is 0 Å². The van der Waals surface area contributed by atoms with Gasteiger partial charge in [0.15, 0.2) is 0 Å². The van der Waals surface area contributed by atoms with Gasteiger partial charge in [0.1, 0.15) is 6.04 Å². The van der Waals surface area contributed by atoms with Gasteiger partial charge < -0.3 is 15.2 Å². The number of rotatable bonds is 6. The summed E-state index contributed by atoms with van der Waals surface area (Å²) in [6.45, 7) is 3.62. The number of hydrogen-bond acceptors (Lipinski definition) is 3. The molecule has 0 rings (SSSR count). The summed E-state index contributed by atoms with van der Waals surface area (Å²) in [5.41, 5.74) is 0. The van der Waals surface area contributed by atoms with Crippen LogP contribution in [-0.2, 0) is 14.3 Å². The normalized spacial score (nSPS) is 14.7. The maximum Gasteiger partial charge on any atom is 0.326 e. The van der Waals surface area contributed by atoms with Gasteiger partial charge in [0, 0.05) is 7.11 Å². The zero-order valence-corrected chi connectivity index (χ0v) is 8.99. The summed E-state index contributed by atoms with van der Waals surface area (Å²) < 4.78 is 16.8. The predicted molar refractivity (Wildman–Crippen MR) is 50.9 cm³/mol. The number of carboxylic acid groups (broad SMARTS) is 1. The Morgan fingerprint density at radius 2 is 2.00 bits per heavy atom. The van der Waals surface area contributed by atoms with Crippen LogP contribution in [0.4, 0.5) is 4.39 Å². The third-order valence-electron chi connectivity index (χ3n) is 1.73. The maximum atomic E-state index is 12.7. The van der Waals surface area contributed by atoms with Crippen molar-refractivity contribution in [3.05, 3.63) is 0 Å². The highest BCUT2D eigenvalue weighted by atomic mass is 19.1. The second-order valence-corrected chi connectivity index (χ2v) is 3.58. The first kappa shape index (κ1) is 13.8. The van der Waals surface area contributed by atoms with Crippen LogP contribution in [0.3, 0.4) is 0 Å². The fourth-order valence-electron chi connectivity index (χ4n) is 1.04. The molecule has 0 aromatic carbocycles. The standard InChI is InChI=1S/C9H16FNO4/c1-5(2)4-6(9(13)14)11-8(12)7(10)15-3/h5-7H,4H2,1-3H3,(H,11,12)(H,13,14). The minimum atomic E-state index is -2.13. The van der Waals surface area contributed by atoms with Crippen molar-refractivity contribution in [1.29, 1.82) is 0 Å². The lowest BCUT2D eigenvalue weighted by Crippen LogP contribution is -2.45. The molecule has 0 aromatic heterocycles. The molecule has 0 heterocycles. The Balaban J connectivity index is 4.29. The SMILES string of the molecule is COC(F)C(=O)NC(CC(C)C)C(=O)O. The van der Waals surface area contributed by atoms with E-state index in [4.69, 9.17) is 5.11 Å². The topological polar surface area (TPSA) is 75.6 Å². The van der Waals surface area contributed by atoms with Crippen molar-refractivity contribution in [3.63, 3.8) is 0 Å². The molecule has 0 radical (unpaired) electrons. The quantitative estimate of drug-likeness (QED) is 0.686. The van der Waals surface area contributed by atoms with Crippen molar-refractivity contribution in [3.8, 4) is 0 Å². The molecule has 5 nitrogen and oxygen atoms in total. The monoisotopic (exact) mass is 221 g/mol. The lowest BCUT2D eigenvalue weighted by atomic mass is 10.0. The largest absolute Gasteiger partial charge is 0.480 e. The summed E-state index contributed by atoms with van der Waals surface area (Å²) >= 11 is 0. The first-order valence-corrected chi connectivity index (χ1v) is 4.58. The molecule has 2 unspecified atom stereocenters. The van der Waals surface area contributed by atoms with Crippen LogP contribution in [-0.4, -0.2) is 36.5 Å². The molecule has 0 aliphatic heterocycles. The third-order valence-corrected chi connectivity index (χ3v) is 1.73. The van der Waals surface area contributed by atoms with Gasteiger partial charge in [-0.25, -0.2) is 9.18 Å². The van der Waals surface area contributed by atoms with Crippen molar-refractivity contribution in [2.75, 3.05) is 7.11 Å². The minimum Gasteiger partial charge on any atom is -0.480 e. The van der Waals surface area contributed by atoms with Gasteiger partial charge in [0.25, 0.3) is 12.3 Å². The van der Waals surface area contributed by atoms with Crippen LogP contribution in [0, 0.1) is 5.92 Å². The lowest BCUT2D eigenvalue weighted by Gasteiger charge is -2.17. The molecule has 0 saturated carbocycles. The minimum absolute atomic E-state index is 0.0898. The number of alkyl halides is 1. The van der Waals surface area contributed by atoms with Gasteiger partial charge in [0.05, 0.1) is 0 Å². The van der Waals surface area contributed by atoms with Crippen molar-refractivity contribution >= 4 is 11.9 Å². The number of hydrogen-bond donors (Lipinski definition) is 2. The lowest BCUT2D eigenvalue weighted by molar-refractivity contribution is -0.148. The third kappa shape index (κ3) is 5.31. The Kier molecular flexibility index (Phi) is 5.84. The Bertz CT molecular complexity index is 232. The van der Waals surface area contributed by atoms with Gasteiger partial charge >= 0.3 is 5.97 Å². The van der Waals surface area contributed by atoms with E-state index in [1.165, 1.54) is 0 Å². The van der Waals surface area contributed by atoms with Crippen molar-refractivity contribution < 1.29 is 23.8 Å². The molecule has 0 fully saturated rings. The molecule has 0 saturated heterocycles. The molecule has 0 aromatic rings. The fourth-order valence-corrected chi connectivity index (χ4v) is 1.04. The van der Waals surface area contributed by atoms with Crippen LogP contribution >= 0.6 is 0 Å². The second-order valence-electron chi connectivity index (χ2n) is 3.58. The molecule has 6 heteroatoms. The van der Waals surface area contributed by atoms with E-state index in [9.17, 15) is 14.0 Å². The van der Waals surface area contributed by atoms with Crippen LogP contribution in [0.5, 0.6) is 0 Å². The van der Waals surface area contributed by atoms with E-state index in [0.717, 1.165) is 7.11 Å². The first-order valence-electron chi connectivity index (χ1n) is 4.58. The number of methoxy groups -OCH3 is 1. The molecule has 0 bridgehead atoms. The van der Waals surface area contributed by atoms with Gasteiger partial charge in [-0.05, 0) is 12.3 Å². The van der Waals surface area contributed by atoms with Gasteiger partial charge in [-0.1, -0.05) is 13.8 Å². The van der Waals surface area contributed by atoms with Crippen LogP contribution < -0.4 is 5.32 Å². The zero-order valence-electron chi connectivity index (χ0n) is 8.99. The van der Waals surface area contributed by atoms with Crippen molar-refractivity contribution in [2.24, 2.45) is 5.92 Å². The highest BCUT2D eigenvalue weighted by Gasteiger charge is 2.25. The predicted octanol–water partition coefficient (Wildman–Crippen LogP) is 0.544. The van der Waals surface area contributed by atoms with Crippen LogP contribution in [0.15, 0.2) is 0 Å². The molecule has 2 N–H and O–H groups in total. The number of nitrogens with one attached hydrogen (secondary N) is 1. The van der Waals surface area contributed by atoms with Crippen molar-refractivity contribution in [1.82, 2.24) is 5.32 Å². The van der Waals surface area contributed by atoms with Crippen LogP contribution in [0.1, 0.15) is 20.3 Å². The summed E-state index contributed by atoms with van der Waals surface area (Å²) in [5.74, 6) is -2.15. The van der Waals surface area contributed by atoms with Crippen LogP contribution in [0.25, 0.3) is 0 Å². The summed E-state index contributed by atoms with van der Waals surface area (Å²) in [6.07, 6.45) is -1.88. The second kappa shape index (κ2) is 6.34. The molecule has 0 spiro atoms. The van der Waals surface area contributed by atoms with Gasteiger partial charge in [-0.3, -0.25) is 4.79 Å². The average molecular weight is 221 g/mol. The van der Waals surface area contributed by atoms with Gasteiger partial charge in [0.2, 0.25) is 0 Å². The number of halogens is 1. The number of carbonyl (C=O) groups is 2. The van der Waals surface area contributed by atoms with E-state index >= 15 is 0 Å². The highest BCUT2D eigenvalue weighted by Crippen LogP contribution is 2.05. The molecule has 2 atom stereocenters. The van der Waals surface area contributed by atoms with E-state index in [1.807, 2.05) is 13.8 Å². The van der Waals surface area contributed by atoms with E-state index < -0.39 is 24.3 Å². The zero-order chi connectivity index (χ0) is 12.0. The fraction of sp³-hybridized carbons (Fsp3) is 0.778. The molecule has 0 aliphatic carbocycles. The smallest absolute Gasteiger partial charge is 0.326 e. The summed E-state index contributed by atoms with van der Waals surface area (Å²) in [5, 5.41) is 10.8. The van der Waals surface area contributed by atoms with Gasteiger partial charge in [-0.15, -0.1) is 0 Å². The van der Waals surface area contributed by atoms with E-state index in [1.54, 1.807) is 0 Å². The summed E-state index contributed by atoms with van der Waals surface area (Å²) in [6, 6.07) is -1.08. The number of carbonyl (C=O) groups excluding carboxylic acids is 1. The Morgan fingerprint density at radius 3 is 2.33 bits per heavy atom. The summed E-state index contributed by atoms with van der Waals surface area (Å²) in [4.78, 5) is 21.7. The average Bonchev–Trinajstić information content (AvgIpc) is 2.14. The first-order chi connectivity index (χ1) is 6.88. The molecular weight excluding hydrogens is 205 g/mol. The number of aliphatic carboxylic acids is 1. The van der Waals surface area contributed by atoms with Crippen molar-refractivity contribution in [2.45, 2.75) is 32.7 Å². The highest BCUT2D eigenvalue weighted by molar-refractivity contribution is 5.85. The Labute approximate surface area is 87.6 Å². The number of carboxylic acids is 1. The molecule has 88 valence electrons. The Morgan fingerprint density at radius 1 is 1.47 bits per heavy atom. The molecule has 1 amide bonds. The number of ether oxygens (including phenoxy) is 1. The van der Waals surface area contributed by atoms with E-state index in [0.29, 0.717) is 0 Å². The van der Waals surface area contributed by atoms with Crippen LogP contribution in [0.2, 0.25) is 0 Å². The number of amides is 1. The van der Waals surface area contributed by atoms with E-state index in [-0.39, 0.29) is 12.3 Å². The summed E-state index contributed by atoms with van der Waals surface area (Å²) in [7, 11) is 1.03. The molecule has 15 heavy (non-hydrogen) atoms. The van der Waals surface area contributed by atoms with E-state index in [2.05, 4.69) is 10.1 Å². The maximum absolute atomic E-state index is 12.7. The molecule has 0 aliphatic rings. The Hall–Kier alpha value is -1.17. The molecular formula is C9H16FNO4.